The molecule has 2 N–H and O–H groups in total. The van der Waals surface area contributed by atoms with Gasteiger partial charge in [0.15, 0.2) is 0 Å². The van der Waals surface area contributed by atoms with Crippen LogP contribution >= 0.6 is 0 Å². The number of nitro benzene ring substituents is 1. The molecule has 0 radical (unpaired) electrons. The van der Waals surface area contributed by atoms with Crippen LogP contribution < -0.4 is 10.6 Å². The van der Waals surface area contributed by atoms with Crippen LogP contribution in [0.3, 0.4) is 0 Å². The molecule has 0 bridgehead atoms. The molecule has 0 saturated heterocycles. The average Bonchev–Trinajstić information content (AvgIpc) is 3.17. The van der Waals surface area contributed by atoms with Crippen LogP contribution in [0.4, 0.5) is 17.3 Å². The zero-order valence-corrected chi connectivity index (χ0v) is 16.7. The maximum atomic E-state index is 13.3. The second-order valence-corrected chi connectivity index (χ2v) is 7.22. The molecule has 4 rings (SSSR count). The molecular weight excluding hydrogens is 384 g/mol. The number of carbonyl (C=O) groups is 1. The molecule has 1 atom stereocenters. The van der Waals surface area contributed by atoms with Gasteiger partial charge >= 0.3 is 0 Å². The Balaban J connectivity index is 1.79. The summed E-state index contributed by atoms with van der Waals surface area (Å²) in [6.07, 6.45) is 1.38. The number of fused-ring (bicyclic) bond motifs is 1. The van der Waals surface area contributed by atoms with Gasteiger partial charge in [-0.25, -0.2) is 4.68 Å². The summed E-state index contributed by atoms with van der Waals surface area (Å²) in [7, 11) is 0. The van der Waals surface area contributed by atoms with Crippen molar-refractivity contribution in [1.82, 2.24) is 14.8 Å². The number of rotatable bonds is 4. The fourth-order valence-electron chi connectivity index (χ4n) is 3.65. The number of anilines is 2. The number of benzene rings is 2. The number of nitro groups is 1. The largest absolute Gasteiger partial charge is 0.328 e. The first-order chi connectivity index (χ1) is 14.3. The van der Waals surface area contributed by atoms with Crippen LogP contribution in [0.25, 0.3) is 0 Å². The van der Waals surface area contributed by atoms with Crippen LogP contribution in [-0.4, -0.2) is 25.6 Å². The van der Waals surface area contributed by atoms with Gasteiger partial charge in [-0.1, -0.05) is 29.8 Å². The molecule has 1 aliphatic heterocycles. The smallest absolute Gasteiger partial charge is 0.269 e. The Bertz CT molecular complexity index is 1200. The van der Waals surface area contributed by atoms with E-state index in [9.17, 15) is 14.9 Å². The van der Waals surface area contributed by atoms with Crippen LogP contribution in [0.15, 0.2) is 60.1 Å². The molecule has 1 aromatic heterocycles. The van der Waals surface area contributed by atoms with Gasteiger partial charge in [0.25, 0.3) is 11.6 Å². The Labute approximate surface area is 172 Å². The summed E-state index contributed by atoms with van der Waals surface area (Å²) in [6.45, 7) is 5.69. The van der Waals surface area contributed by atoms with Crippen molar-refractivity contribution in [3.05, 3.63) is 86.9 Å². The molecule has 2 heterocycles. The number of allylic oxidation sites excluding steroid dienone is 1. The van der Waals surface area contributed by atoms with Crippen molar-refractivity contribution in [2.45, 2.75) is 26.8 Å². The van der Waals surface area contributed by atoms with Crippen molar-refractivity contribution in [3.63, 3.8) is 0 Å². The minimum absolute atomic E-state index is 0.0560. The molecule has 0 aliphatic carbocycles. The summed E-state index contributed by atoms with van der Waals surface area (Å²) in [6, 6.07) is 11.3. The first-order valence-electron chi connectivity index (χ1n) is 9.35. The highest BCUT2D eigenvalue weighted by molar-refractivity contribution is 6.06. The Morgan fingerprint density at radius 3 is 2.73 bits per heavy atom. The highest BCUT2D eigenvalue weighted by Crippen LogP contribution is 2.36. The number of aryl methyl sites for hydroxylation is 2. The molecule has 30 heavy (non-hydrogen) atoms. The van der Waals surface area contributed by atoms with Crippen molar-refractivity contribution >= 4 is 23.2 Å². The number of aromatic nitrogens is 3. The molecule has 1 amide bonds. The van der Waals surface area contributed by atoms with E-state index in [0.29, 0.717) is 28.5 Å². The third-order valence-corrected chi connectivity index (χ3v) is 5.07. The highest BCUT2D eigenvalue weighted by atomic mass is 16.6. The van der Waals surface area contributed by atoms with E-state index in [1.807, 2.05) is 32.0 Å². The first kappa shape index (κ1) is 19.3. The zero-order valence-electron chi connectivity index (χ0n) is 16.7. The predicted molar refractivity (Wildman–Crippen MR) is 112 cm³/mol. The second kappa shape index (κ2) is 7.43. The standard InChI is InChI=1S/C21H20N6O3/c1-12-7-8-17(13(2)9-12)25-20(28)18-14(3)24-21-22-11-23-26(21)19(18)15-5-4-6-16(10-15)27(29)30/h4-11,19H,1-3H3,(H,25,28)(H,22,23,24)/t19-/m0/s1. The topological polar surface area (TPSA) is 115 Å². The maximum absolute atomic E-state index is 13.3. The van der Waals surface area contributed by atoms with Crippen LogP contribution in [-0.2, 0) is 4.79 Å². The van der Waals surface area contributed by atoms with E-state index < -0.39 is 11.0 Å². The summed E-state index contributed by atoms with van der Waals surface area (Å²) in [5.41, 5.74) is 4.28. The molecule has 9 heteroatoms. The normalized spacial score (nSPS) is 15.4. The Morgan fingerprint density at radius 1 is 1.20 bits per heavy atom. The number of nitrogens with zero attached hydrogens (tertiary/aromatic N) is 4. The van der Waals surface area contributed by atoms with Crippen LogP contribution in [0.5, 0.6) is 0 Å². The zero-order chi connectivity index (χ0) is 21.4. The van der Waals surface area contributed by atoms with Crippen molar-refractivity contribution < 1.29 is 9.72 Å². The number of hydrogen-bond donors (Lipinski definition) is 2. The predicted octanol–water partition coefficient (Wildman–Crippen LogP) is 3.73. The summed E-state index contributed by atoms with van der Waals surface area (Å²) >= 11 is 0. The van der Waals surface area contributed by atoms with E-state index in [4.69, 9.17) is 0 Å². The number of nitrogens with one attached hydrogen (secondary N) is 2. The van der Waals surface area contributed by atoms with Gasteiger partial charge in [0.2, 0.25) is 5.95 Å². The van der Waals surface area contributed by atoms with Gasteiger partial charge in [-0.05, 0) is 38.0 Å². The van der Waals surface area contributed by atoms with Gasteiger partial charge < -0.3 is 10.6 Å². The van der Waals surface area contributed by atoms with Gasteiger partial charge in [-0.2, -0.15) is 10.1 Å². The van der Waals surface area contributed by atoms with Crippen molar-refractivity contribution in [2.75, 3.05) is 10.6 Å². The van der Waals surface area contributed by atoms with Gasteiger partial charge in [-0.15, -0.1) is 0 Å². The molecule has 0 spiro atoms. The van der Waals surface area contributed by atoms with E-state index in [2.05, 4.69) is 20.7 Å². The second-order valence-electron chi connectivity index (χ2n) is 7.22. The lowest BCUT2D eigenvalue weighted by Gasteiger charge is -2.28. The fraction of sp³-hybridized carbons (Fsp3) is 0.190. The van der Waals surface area contributed by atoms with Crippen LogP contribution in [0, 0.1) is 24.0 Å². The lowest BCUT2D eigenvalue weighted by atomic mass is 9.94. The number of hydrogen-bond acceptors (Lipinski definition) is 6. The molecule has 3 aromatic rings. The molecular formula is C21H20N6O3. The maximum Gasteiger partial charge on any atom is 0.269 e. The SMILES string of the molecule is CC1=C(C(=O)Nc2ccc(C)cc2C)[C@H](c2cccc([N+](=O)[O-])c2)n2ncnc2N1. The highest BCUT2D eigenvalue weighted by Gasteiger charge is 2.34. The van der Waals surface area contributed by atoms with Crippen molar-refractivity contribution in [2.24, 2.45) is 0 Å². The quantitative estimate of drug-likeness (QED) is 0.506. The van der Waals surface area contributed by atoms with E-state index in [0.717, 1.165) is 11.1 Å². The lowest BCUT2D eigenvalue weighted by molar-refractivity contribution is -0.384. The first-order valence-corrected chi connectivity index (χ1v) is 9.35. The Kier molecular flexibility index (Phi) is 4.78. The summed E-state index contributed by atoms with van der Waals surface area (Å²) < 4.78 is 1.56. The number of amides is 1. The fourth-order valence-corrected chi connectivity index (χ4v) is 3.65. The van der Waals surface area contributed by atoms with Crippen molar-refractivity contribution in [3.8, 4) is 0 Å². The minimum atomic E-state index is -0.658. The third kappa shape index (κ3) is 3.41. The Hall–Kier alpha value is -4.01. The van der Waals surface area contributed by atoms with Crippen LogP contribution in [0.1, 0.15) is 29.7 Å². The molecule has 0 saturated carbocycles. The molecule has 9 nitrogen and oxygen atoms in total. The summed E-state index contributed by atoms with van der Waals surface area (Å²) in [4.78, 5) is 28.4. The van der Waals surface area contributed by atoms with E-state index in [1.165, 1.54) is 18.5 Å². The number of carbonyl (C=O) groups excluding carboxylic acids is 1. The van der Waals surface area contributed by atoms with E-state index >= 15 is 0 Å². The summed E-state index contributed by atoms with van der Waals surface area (Å²) in [5, 5.41) is 21.6. The monoisotopic (exact) mass is 404 g/mol. The van der Waals surface area contributed by atoms with E-state index in [-0.39, 0.29) is 11.6 Å². The molecule has 0 fully saturated rings. The molecule has 2 aromatic carbocycles. The van der Waals surface area contributed by atoms with Crippen LogP contribution in [0.2, 0.25) is 0 Å². The van der Waals surface area contributed by atoms with Gasteiger partial charge in [0, 0.05) is 23.5 Å². The van der Waals surface area contributed by atoms with Gasteiger partial charge in [-0.3, -0.25) is 14.9 Å². The minimum Gasteiger partial charge on any atom is -0.328 e. The number of non-ortho nitro benzene ring substituents is 1. The lowest BCUT2D eigenvalue weighted by Crippen LogP contribution is -2.31. The molecule has 1 aliphatic rings. The average molecular weight is 404 g/mol. The summed E-state index contributed by atoms with van der Waals surface area (Å²) in [5.74, 6) is 0.150. The van der Waals surface area contributed by atoms with Gasteiger partial charge in [0.1, 0.15) is 12.4 Å². The molecule has 0 unspecified atom stereocenters. The molecule has 152 valence electrons. The Morgan fingerprint density at radius 2 is 2.00 bits per heavy atom. The van der Waals surface area contributed by atoms with E-state index in [1.54, 1.807) is 23.7 Å². The van der Waals surface area contributed by atoms with Crippen molar-refractivity contribution in [1.29, 1.82) is 0 Å². The van der Waals surface area contributed by atoms with Gasteiger partial charge in [0.05, 0.1) is 10.5 Å². The third-order valence-electron chi connectivity index (χ3n) is 5.07.